The molecule has 0 aliphatic carbocycles. The summed E-state index contributed by atoms with van der Waals surface area (Å²) in [5.74, 6) is 0.707. The van der Waals surface area contributed by atoms with Crippen LogP contribution in [0.5, 0.6) is 0 Å². The summed E-state index contributed by atoms with van der Waals surface area (Å²) in [6, 6.07) is 4.25. The molecule has 6 rings (SSSR count). The molecule has 4 fully saturated rings. The Bertz CT molecular complexity index is 1400. The zero-order valence-electron chi connectivity index (χ0n) is 27.7. The second-order valence-corrected chi connectivity index (χ2v) is 15.6. The van der Waals surface area contributed by atoms with Crippen molar-refractivity contribution in [2.75, 3.05) is 42.5 Å². The maximum Gasteiger partial charge on any atom is 0.410 e. The van der Waals surface area contributed by atoms with Gasteiger partial charge >= 0.3 is 12.2 Å². The van der Waals surface area contributed by atoms with Gasteiger partial charge in [0.05, 0.1) is 22.2 Å². The van der Waals surface area contributed by atoms with E-state index in [1.54, 1.807) is 12.1 Å². The number of halogens is 3. The number of carbonyl (C=O) groups excluding carboxylic acids is 2. The van der Waals surface area contributed by atoms with Crippen molar-refractivity contribution >= 4 is 68.6 Å². The number of ether oxygens (including phenoxy) is 2. The van der Waals surface area contributed by atoms with E-state index in [1.807, 2.05) is 51.3 Å². The number of nitrogens with zero attached hydrogens (tertiary/aromatic N) is 7. The van der Waals surface area contributed by atoms with Gasteiger partial charge < -0.3 is 31.2 Å². The number of hydrogen-bond donors (Lipinski definition) is 3. The molecule has 4 saturated heterocycles. The minimum absolute atomic E-state index is 0.120. The minimum Gasteiger partial charge on any atom is -0.444 e. The monoisotopic (exact) mass is 758 g/mol. The molecule has 0 saturated carbocycles. The van der Waals surface area contributed by atoms with Gasteiger partial charge in [-0.1, -0.05) is 23.2 Å². The summed E-state index contributed by atoms with van der Waals surface area (Å²) in [5, 5.41) is 18.6. The Labute approximate surface area is 294 Å². The van der Waals surface area contributed by atoms with Gasteiger partial charge in [-0.25, -0.2) is 9.59 Å². The maximum atomic E-state index is 12.5. The van der Waals surface area contributed by atoms with Gasteiger partial charge in [-0.2, -0.15) is 0 Å². The van der Waals surface area contributed by atoms with Crippen LogP contribution in [-0.2, 0) is 9.47 Å². The van der Waals surface area contributed by atoms with Crippen LogP contribution in [0.4, 0.5) is 26.9 Å². The Balaban J connectivity index is 0.000000178. The van der Waals surface area contributed by atoms with Gasteiger partial charge in [0.15, 0.2) is 21.9 Å². The van der Waals surface area contributed by atoms with Crippen LogP contribution in [0.15, 0.2) is 16.6 Å². The summed E-state index contributed by atoms with van der Waals surface area (Å²) in [6.07, 6.45) is 3.77. The highest BCUT2D eigenvalue weighted by atomic mass is 79.9. The van der Waals surface area contributed by atoms with Crippen molar-refractivity contribution in [3.05, 3.63) is 26.9 Å². The van der Waals surface area contributed by atoms with E-state index in [0.717, 1.165) is 44.5 Å². The molecule has 2 amide bonds. The van der Waals surface area contributed by atoms with Crippen LogP contribution in [0.1, 0.15) is 67.2 Å². The Kier molecular flexibility index (Phi) is 11.9. The van der Waals surface area contributed by atoms with Crippen molar-refractivity contribution < 1.29 is 19.1 Å². The predicted molar refractivity (Wildman–Crippen MR) is 185 cm³/mol. The average molecular weight is 761 g/mol. The molecule has 0 spiro atoms. The molecule has 0 radical (unpaired) electrons. The molecule has 4 aliphatic rings. The Morgan fingerprint density at radius 3 is 1.64 bits per heavy atom. The summed E-state index contributed by atoms with van der Waals surface area (Å²) >= 11 is 14.5. The number of fused-ring (bicyclic) bond motifs is 4. The Morgan fingerprint density at radius 2 is 1.19 bits per heavy atom. The number of anilines is 3. The molecule has 47 heavy (non-hydrogen) atoms. The normalized spacial score (nSPS) is 23.3. The largest absolute Gasteiger partial charge is 0.444 e. The number of nitrogens with one attached hydrogen (secondary N) is 1. The van der Waals surface area contributed by atoms with Crippen molar-refractivity contribution in [1.82, 2.24) is 35.5 Å². The predicted octanol–water partition coefficient (Wildman–Crippen LogP) is 5.13. The first kappa shape index (κ1) is 36.9. The lowest BCUT2D eigenvalue weighted by atomic mass is 10.1. The molecule has 6 heterocycles. The molecule has 4 bridgehead atoms. The third-order valence-corrected chi connectivity index (χ3v) is 8.93. The second kappa shape index (κ2) is 15.1. The van der Waals surface area contributed by atoms with Crippen molar-refractivity contribution in [3.8, 4) is 0 Å². The van der Waals surface area contributed by atoms with Crippen LogP contribution in [0.3, 0.4) is 0 Å². The fourth-order valence-electron chi connectivity index (χ4n) is 6.08. The smallest absolute Gasteiger partial charge is 0.410 e. The van der Waals surface area contributed by atoms with E-state index in [2.05, 4.69) is 46.5 Å². The van der Waals surface area contributed by atoms with E-state index in [4.69, 9.17) is 44.1 Å². The fraction of sp³-hybridized carbons (Fsp3) is 0.667. The van der Waals surface area contributed by atoms with Crippen LogP contribution >= 0.6 is 39.1 Å². The highest BCUT2D eigenvalue weighted by Gasteiger charge is 2.45. The quantitative estimate of drug-likeness (QED) is 0.350. The molecular weight excluding hydrogens is 715 g/mol. The molecule has 2 aromatic heterocycles. The molecule has 5 N–H and O–H groups in total. The van der Waals surface area contributed by atoms with Crippen LogP contribution in [0.25, 0.3) is 0 Å². The maximum absolute atomic E-state index is 12.5. The first-order valence-corrected chi connectivity index (χ1v) is 17.2. The van der Waals surface area contributed by atoms with E-state index < -0.39 is 5.60 Å². The summed E-state index contributed by atoms with van der Waals surface area (Å²) in [5.41, 5.74) is 11.1. The molecular formula is C30H45BrCl2N10O4. The molecule has 4 aliphatic heterocycles. The molecule has 260 valence electrons. The van der Waals surface area contributed by atoms with Crippen LogP contribution < -0.4 is 21.7 Å². The standard InChI is InChI=1S/C15H22ClN5O2.C11H20N2O2.C4H3BrClN3/c1-15(2,3)23-14(22)21-9-4-5-10(21)8-20(7-9)11-6-12(16)18-19-13(11)17;1-11(2,3)15-10(14)13-8-4-5-9(13)7-12-6-8;5-2-1-3(6)8-9-4(2)7/h6,9-10H,4-5,7-8H2,1-3H3,(H2,17,19);8-9,12H,4-7H2,1-3H3;1H,(H2,7,9). The first-order valence-electron chi connectivity index (χ1n) is 15.6. The van der Waals surface area contributed by atoms with Crippen LogP contribution in [0, 0.1) is 0 Å². The highest BCUT2D eigenvalue weighted by Crippen LogP contribution is 2.35. The van der Waals surface area contributed by atoms with Gasteiger partial charge in [0.25, 0.3) is 0 Å². The first-order chi connectivity index (χ1) is 21.9. The topological polar surface area (TPSA) is 178 Å². The van der Waals surface area contributed by atoms with E-state index in [1.165, 1.54) is 0 Å². The van der Waals surface area contributed by atoms with Crippen molar-refractivity contribution in [2.24, 2.45) is 0 Å². The number of nitrogen functional groups attached to an aromatic ring is 2. The molecule has 14 nitrogen and oxygen atoms in total. The number of rotatable bonds is 1. The second-order valence-electron chi connectivity index (χ2n) is 13.9. The molecule has 4 unspecified atom stereocenters. The summed E-state index contributed by atoms with van der Waals surface area (Å²) < 4.78 is 11.6. The Hall–Kier alpha value is -2.88. The van der Waals surface area contributed by atoms with E-state index in [9.17, 15) is 9.59 Å². The number of carbonyl (C=O) groups is 2. The lowest BCUT2D eigenvalue weighted by molar-refractivity contribution is 0.00974. The van der Waals surface area contributed by atoms with E-state index in [0.29, 0.717) is 51.6 Å². The van der Waals surface area contributed by atoms with Gasteiger partial charge in [-0.3, -0.25) is 9.80 Å². The Morgan fingerprint density at radius 1 is 0.766 bits per heavy atom. The van der Waals surface area contributed by atoms with Gasteiger partial charge in [-0.05, 0) is 89.2 Å². The van der Waals surface area contributed by atoms with Crippen molar-refractivity contribution in [2.45, 2.75) is 103 Å². The number of piperazine rings is 2. The highest BCUT2D eigenvalue weighted by molar-refractivity contribution is 9.10. The number of hydrogen-bond acceptors (Lipinski definition) is 12. The van der Waals surface area contributed by atoms with Crippen LogP contribution in [-0.4, -0.2) is 104 Å². The summed E-state index contributed by atoms with van der Waals surface area (Å²) in [6.45, 7) is 14.6. The van der Waals surface area contributed by atoms with Crippen molar-refractivity contribution in [3.63, 3.8) is 0 Å². The SMILES string of the molecule is CC(C)(C)OC(=O)N1C2CCC1CN(c1cc(Cl)nnc1N)C2.CC(C)(C)OC(=O)N1C2CCC1CNC2.Nc1nnc(Cl)cc1Br. The fourth-order valence-corrected chi connectivity index (χ4v) is 6.80. The van der Waals surface area contributed by atoms with Crippen molar-refractivity contribution in [1.29, 1.82) is 0 Å². The lowest BCUT2D eigenvalue weighted by Crippen LogP contribution is -2.57. The number of aromatic nitrogens is 4. The van der Waals surface area contributed by atoms with Gasteiger partial charge in [0, 0.05) is 44.3 Å². The van der Waals surface area contributed by atoms with E-state index >= 15 is 0 Å². The zero-order valence-corrected chi connectivity index (χ0v) is 30.8. The van der Waals surface area contributed by atoms with Gasteiger partial charge in [-0.15, -0.1) is 20.4 Å². The van der Waals surface area contributed by atoms with Crippen LogP contribution in [0.2, 0.25) is 10.3 Å². The molecule has 17 heteroatoms. The number of amides is 2. The molecule has 2 aromatic rings. The average Bonchev–Trinajstić information content (AvgIpc) is 3.38. The van der Waals surface area contributed by atoms with E-state index in [-0.39, 0.29) is 29.9 Å². The lowest BCUT2D eigenvalue weighted by Gasteiger charge is -2.42. The molecule has 4 atom stereocenters. The van der Waals surface area contributed by atoms with Gasteiger partial charge in [0.2, 0.25) is 0 Å². The van der Waals surface area contributed by atoms with Gasteiger partial charge in [0.1, 0.15) is 11.2 Å². The minimum atomic E-state index is -0.485. The number of nitrogens with two attached hydrogens (primary N) is 2. The third-order valence-electron chi connectivity index (χ3n) is 7.93. The summed E-state index contributed by atoms with van der Waals surface area (Å²) in [7, 11) is 0. The summed E-state index contributed by atoms with van der Waals surface area (Å²) in [4.78, 5) is 30.4. The third kappa shape index (κ3) is 10.1. The molecule has 0 aromatic carbocycles. The zero-order chi connectivity index (χ0) is 34.7.